The van der Waals surface area contributed by atoms with E-state index in [4.69, 9.17) is 9.47 Å². The Morgan fingerprint density at radius 2 is 2.16 bits per heavy atom. The number of alkyl halides is 1. The van der Waals surface area contributed by atoms with Crippen LogP contribution in [-0.2, 0) is 14.3 Å². The van der Waals surface area contributed by atoms with Crippen molar-refractivity contribution in [2.45, 2.75) is 50.9 Å². The van der Waals surface area contributed by atoms with Crippen molar-refractivity contribution in [1.82, 2.24) is 5.32 Å². The first-order chi connectivity index (χ1) is 9.10. The summed E-state index contributed by atoms with van der Waals surface area (Å²) in [6.07, 6.45) is 2.52. The Hall–Kier alpha value is -0.680. The van der Waals surface area contributed by atoms with Gasteiger partial charge in [0, 0.05) is 12.6 Å². The van der Waals surface area contributed by atoms with Gasteiger partial charge in [-0.3, -0.25) is 4.79 Å². The van der Waals surface area contributed by atoms with Gasteiger partial charge >= 0.3 is 5.97 Å². The van der Waals surface area contributed by atoms with Crippen LogP contribution >= 0.6 is 0 Å². The van der Waals surface area contributed by atoms with Gasteiger partial charge in [-0.05, 0) is 31.6 Å². The Kier molecular flexibility index (Phi) is 5.16. The average molecular weight is 273 g/mol. The molecule has 1 saturated carbocycles. The summed E-state index contributed by atoms with van der Waals surface area (Å²) in [5, 5.41) is 3.12. The quantitative estimate of drug-likeness (QED) is 0.792. The second-order valence-corrected chi connectivity index (χ2v) is 5.82. The van der Waals surface area contributed by atoms with Gasteiger partial charge in [0.1, 0.15) is 6.17 Å². The molecule has 1 aliphatic carbocycles. The Labute approximate surface area is 114 Å². The number of hydrogen-bond acceptors (Lipinski definition) is 4. The average Bonchev–Trinajstić information content (AvgIpc) is 2.82. The number of esters is 1. The molecule has 2 aliphatic rings. The molecule has 2 rings (SSSR count). The minimum atomic E-state index is -0.735. The fourth-order valence-corrected chi connectivity index (χ4v) is 3.13. The number of methoxy groups -OCH3 is 1. The molecule has 5 heteroatoms. The maximum absolute atomic E-state index is 13.0. The van der Waals surface area contributed by atoms with Crippen molar-refractivity contribution >= 4 is 5.97 Å². The third-order valence-electron chi connectivity index (χ3n) is 4.30. The van der Waals surface area contributed by atoms with Crippen LogP contribution < -0.4 is 5.32 Å². The summed E-state index contributed by atoms with van der Waals surface area (Å²) in [6.45, 7) is 3.12. The van der Waals surface area contributed by atoms with Gasteiger partial charge in [0.15, 0.2) is 0 Å². The van der Waals surface area contributed by atoms with E-state index in [-0.39, 0.29) is 24.0 Å². The molecular weight excluding hydrogens is 249 g/mol. The molecule has 0 spiro atoms. The molecule has 1 aliphatic heterocycles. The second kappa shape index (κ2) is 6.66. The number of carbonyl (C=O) groups is 1. The molecule has 5 atom stereocenters. The van der Waals surface area contributed by atoms with E-state index in [1.54, 1.807) is 0 Å². The van der Waals surface area contributed by atoms with Crippen LogP contribution in [0, 0.1) is 11.8 Å². The molecule has 2 fully saturated rings. The summed E-state index contributed by atoms with van der Waals surface area (Å²) in [5.74, 6) is 0.253. The van der Waals surface area contributed by atoms with E-state index in [0.29, 0.717) is 25.5 Å². The summed E-state index contributed by atoms with van der Waals surface area (Å²) in [7, 11) is 1.44. The van der Waals surface area contributed by atoms with Gasteiger partial charge in [0.05, 0.1) is 25.7 Å². The normalized spacial score (nSPS) is 39.2. The Bertz CT molecular complexity index is 313. The molecule has 110 valence electrons. The van der Waals surface area contributed by atoms with E-state index in [0.717, 1.165) is 19.3 Å². The van der Waals surface area contributed by atoms with Gasteiger partial charge < -0.3 is 14.8 Å². The number of halogens is 1. The first-order valence-electron chi connectivity index (χ1n) is 7.17. The van der Waals surface area contributed by atoms with Gasteiger partial charge in [0.25, 0.3) is 0 Å². The highest BCUT2D eigenvalue weighted by Gasteiger charge is 2.33. The van der Waals surface area contributed by atoms with E-state index in [1.807, 2.05) is 0 Å². The maximum atomic E-state index is 13.0. The lowest BCUT2D eigenvalue weighted by molar-refractivity contribution is -0.148. The van der Waals surface area contributed by atoms with Gasteiger partial charge in [-0.15, -0.1) is 0 Å². The van der Waals surface area contributed by atoms with Crippen LogP contribution in [0.3, 0.4) is 0 Å². The maximum Gasteiger partial charge on any atom is 0.308 e. The van der Waals surface area contributed by atoms with Crippen molar-refractivity contribution in [2.75, 3.05) is 20.3 Å². The molecular formula is C14H24FNO3. The zero-order valence-electron chi connectivity index (χ0n) is 11.7. The molecule has 0 aromatic rings. The van der Waals surface area contributed by atoms with Crippen molar-refractivity contribution in [1.29, 1.82) is 0 Å². The summed E-state index contributed by atoms with van der Waals surface area (Å²) in [4.78, 5) is 11.5. The smallest absolute Gasteiger partial charge is 0.308 e. The first-order valence-corrected chi connectivity index (χ1v) is 7.17. The molecule has 1 N–H and O–H groups in total. The Morgan fingerprint density at radius 1 is 1.37 bits per heavy atom. The first kappa shape index (κ1) is 14.7. The predicted octanol–water partition coefficient (Wildman–Crippen LogP) is 1.68. The monoisotopic (exact) mass is 273 g/mol. The lowest BCUT2D eigenvalue weighted by Gasteiger charge is -2.33. The highest BCUT2D eigenvalue weighted by molar-refractivity contribution is 5.72. The summed E-state index contributed by atoms with van der Waals surface area (Å²) >= 11 is 0. The number of nitrogens with one attached hydrogen (secondary N) is 1. The molecule has 0 amide bonds. The lowest BCUT2D eigenvalue weighted by Crippen LogP contribution is -2.36. The number of hydrogen-bond donors (Lipinski definition) is 1. The predicted molar refractivity (Wildman–Crippen MR) is 69.6 cm³/mol. The van der Waals surface area contributed by atoms with Crippen molar-refractivity contribution in [3.8, 4) is 0 Å². The highest BCUT2D eigenvalue weighted by Crippen LogP contribution is 2.32. The molecule has 1 heterocycles. The Morgan fingerprint density at radius 3 is 2.74 bits per heavy atom. The summed E-state index contributed by atoms with van der Waals surface area (Å²) in [5.41, 5.74) is 0. The van der Waals surface area contributed by atoms with Crippen LogP contribution in [0.5, 0.6) is 0 Å². The van der Waals surface area contributed by atoms with Crippen LogP contribution in [-0.4, -0.2) is 44.5 Å². The van der Waals surface area contributed by atoms with Crippen molar-refractivity contribution < 1.29 is 18.7 Å². The highest BCUT2D eigenvalue weighted by atomic mass is 19.1. The molecule has 0 bridgehead atoms. The molecule has 0 aromatic carbocycles. The van der Waals surface area contributed by atoms with E-state index >= 15 is 0 Å². The van der Waals surface area contributed by atoms with Crippen LogP contribution in [0.25, 0.3) is 0 Å². The molecule has 0 radical (unpaired) electrons. The molecule has 4 nitrogen and oxygen atoms in total. The van der Waals surface area contributed by atoms with Crippen LogP contribution in [0.4, 0.5) is 4.39 Å². The lowest BCUT2D eigenvalue weighted by atomic mass is 9.80. The third kappa shape index (κ3) is 3.89. The standard InChI is InChI=1S/C14H24FNO3/c1-9-5-10(14(17)18-2)3-4-13(9)19-8-12-6-11(15)7-16-12/h9-13,16H,3-8H2,1-2H3/t9?,10?,11-,12-,13?/m0/s1. The summed E-state index contributed by atoms with van der Waals surface area (Å²) in [6, 6.07) is 0.139. The van der Waals surface area contributed by atoms with E-state index < -0.39 is 6.17 Å². The SMILES string of the molecule is COC(=O)C1CCC(OC[C@@H]2C[C@H](F)CN2)C(C)C1. The summed E-state index contributed by atoms with van der Waals surface area (Å²) < 4.78 is 23.7. The van der Waals surface area contributed by atoms with Gasteiger partial charge in [-0.1, -0.05) is 6.92 Å². The zero-order chi connectivity index (χ0) is 13.8. The minimum Gasteiger partial charge on any atom is -0.469 e. The van der Waals surface area contributed by atoms with E-state index in [9.17, 15) is 9.18 Å². The molecule has 3 unspecified atom stereocenters. The van der Waals surface area contributed by atoms with E-state index in [2.05, 4.69) is 12.2 Å². The number of ether oxygens (including phenoxy) is 2. The van der Waals surface area contributed by atoms with Crippen molar-refractivity contribution in [3.63, 3.8) is 0 Å². The van der Waals surface area contributed by atoms with Gasteiger partial charge in [-0.2, -0.15) is 0 Å². The van der Waals surface area contributed by atoms with Crippen LogP contribution in [0.15, 0.2) is 0 Å². The number of carbonyl (C=O) groups excluding carboxylic acids is 1. The minimum absolute atomic E-state index is 0.0136. The zero-order valence-corrected chi connectivity index (χ0v) is 11.7. The fraction of sp³-hybridized carbons (Fsp3) is 0.929. The fourth-order valence-electron chi connectivity index (χ4n) is 3.13. The molecule has 19 heavy (non-hydrogen) atoms. The molecule has 0 aromatic heterocycles. The van der Waals surface area contributed by atoms with Crippen molar-refractivity contribution in [2.24, 2.45) is 11.8 Å². The largest absolute Gasteiger partial charge is 0.469 e. The van der Waals surface area contributed by atoms with Gasteiger partial charge in [-0.25, -0.2) is 4.39 Å². The third-order valence-corrected chi connectivity index (χ3v) is 4.30. The molecule has 1 saturated heterocycles. The van der Waals surface area contributed by atoms with Crippen molar-refractivity contribution in [3.05, 3.63) is 0 Å². The van der Waals surface area contributed by atoms with E-state index in [1.165, 1.54) is 7.11 Å². The van der Waals surface area contributed by atoms with Crippen LogP contribution in [0.2, 0.25) is 0 Å². The van der Waals surface area contributed by atoms with Crippen LogP contribution in [0.1, 0.15) is 32.6 Å². The Balaban J connectivity index is 1.72. The second-order valence-electron chi connectivity index (χ2n) is 5.82. The topological polar surface area (TPSA) is 47.6 Å². The van der Waals surface area contributed by atoms with Gasteiger partial charge in [0.2, 0.25) is 0 Å². The number of rotatable bonds is 4.